The van der Waals surface area contributed by atoms with E-state index >= 15 is 0 Å². The molecule has 7 heteroatoms. The molecule has 2 aromatic rings. The molecule has 0 atom stereocenters. The summed E-state index contributed by atoms with van der Waals surface area (Å²) in [4.78, 5) is 8.30. The highest BCUT2D eigenvalue weighted by molar-refractivity contribution is 6.31. The van der Waals surface area contributed by atoms with Crippen LogP contribution in [0.2, 0.25) is 5.02 Å². The van der Waals surface area contributed by atoms with Crippen LogP contribution in [-0.4, -0.2) is 17.1 Å². The van der Waals surface area contributed by atoms with Gasteiger partial charge in [-0.25, -0.2) is 10.8 Å². The number of halogens is 1. The quantitative estimate of drug-likeness (QED) is 0.594. The van der Waals surface area contributed by atoms with Gasteiger partial charge in [0.15, 0.2) is 0 Å². The molecule has 0 aliphatic heterocycles. The van der Waals surface area contributed by atoms with E-state index in [1.807, 2.05) is 19.9 Å². The van der Waals surface area contributed by atoms with Crippen molar-refractivity contribution in [3.63, 3.8) is 0 Å². The Morgan fingerprint density at radius 2 is 2.00 bits per heavy atom. The molecule has 0 unspecified atom stereocenters. The first-order valence-corrected chi connectivity index (χ1v) is 6.34. The second-order valence-electron chi connectivity index (χ2n) is 4.30. The van der Waals surface area contributed by atoms with E-state index in [1.165, 1.54) is 0 Å². The first-order chi connectivity index (χ1) is 9.55. The Labute approximate surface area is 122 Å². The number of benzene rings is 1. The van der Waals surface area contributed by atoms with Crippen LogP contribution in [-0.2, 0) is 0 Å². The second kappa shape index (κ2) is 5.94. The molecule has 0 radical (unpaired) electrons. The Morgan fingerprint density at radius 1 is 1.25 bits per heavy atom. The SMILES string of the molecule is COc1cc(Cl)c(C)cc1Nc1nc(NN)ncc1C. The predicted octanol–water partition coefficient (Wildman–Crippen LogP) is 2.78. The number of anilines is 3. The molecule has 0 aliphatic carbocycles. The summed E-state index contributed by atoms with van der Waals surface area (Å²) in [6.07, 6.45) is 1.68. The molecule has 0 aliphatic rings. The van der Waals surface area contributed by atoms with Gasteiger partial charge in [-0.1, -0.05) is 11.6 Å². The lowest BCUT2D eigenvalue weighted by Crippen LogP contribution is -2.11. The van der Waals surface area contributed by atoms with Crippen LogP contribution in [0.15, 0.2) is 18.3 Å². The fourth-order valence-electron chi connectivity index (χ4n) is 1.70. The molecule has 2 rings (SSSR count). The van der Waals surface area contributed by atoms with Gasteiger partial charge in [0, 0.05) is 22.8 Å². The Balaban J connectivity index is 2.41. The monoisotopic (exact) mass is 293 g/mol. The van der Waals surface area contributed by atoms with Gasteiger partial charge in [0.1, 0.15) is 11.6 Å². The smallest absolute Gasteiger partial charge is 0.239 e. The molecule has 6 nitrogen and oxygen atoms in total. The van der Waals surface area contributed by atoms with E-state index in [0.717, 1.165) is 16.8 Å². The molecular formula is C13H16ClN5O. The van der Waals surface area contributed by atoms with Crippen molar-refractivity contribution in [3.05, 3.63) is 34.5 Å². The van der Waals surface area contributed by atoms with Crippen LogP contribution in [0.5, 0.6) is 5.75 Å². The van der Waals surface area contributed by atoms with Crippen molar-refractivity contribution in [1.29, 1.82) is 0 Å². The molecule has 1 heterocycles. The van der Waals surface area contributed by atoms with Gasteiger partial charge in [0.05, 0.1) is 12.8 Å². The van der Waals surface area contributed by atoms with Crippen molar-refractivity contribution in [3.8, 4) is 5.75 Å². The largest absolute Gasteiger partial charge is 0.495 e. The van der Waals surface area contributed by atoms with E-state index in [1.54, 1.807) is 19.4 Å². The molecular weight excluding hydrogens is 278 g/mol. The van der Waals surface area contributed by atoms with Gasteiger partial charge >= 0.3 is 0 Å². The molecule has 20 heavy (non-hydrogen) atoms. The minimum Gasteiger partial charge on any atom is -0.495 e. The molecule has 4 N–H and O–H groups in total. The molecule has 0 saturated heterocycles. The molecule has 1 aromatic carbocycles. The number of nitrogens with zero attached hydrogens (tertiary/aromatic N) is 2. The van der Waals surface area contributed by atoms with Crippen molar-refractivity contribution < 1.29 is 4.74 Å². The summed E-state index contributed by atoms with van der Waals surface area (Å²) < 4.78 is 5.32. The van der Waals surface area contributed by atoms with E-state index in [4.69, 9.17) is 22.2 Å². The number of methoxy groups -OCH3 is 1. The highest BCUT2D eigenvalue weighted by Gasteiger charge is 2.10. The lowest BCUT2D eigenvalue weighted by molar-refractivity contribution is 0.416. The van der Waals surface area contributed by atoms with Crippen LogP contribution in [0.25, 0.3) is 0 Å². The third kappa shape index (κ3) is 2.92. The van der Waals surface area contributed by atoms with Crippen LogP contribution >= 0.6 is 11.6 Å². The topological polar surface area (TPSA) is 85.1 Å². The Hall–Kier alpha value is -2.05. The number of nitrogen functional groups attached to an aromatic ring is 1. The number of hydrogen-bond donors (Lipinski definition) is 3. The summed E-state index contributed by atoms with van der Waals surface area (Å²) in [6.45, 7) is 3.82. The minimum atomic E-state index is 0.336. The van der Waals surface area contributed by atoms with E-state index in [9.17, 15) is 0 Å². The fraction of sp³-hybridized carbons (Fsp3) is 0.231. The van der Waals surface area contributed by atoms with Crippen molar-refractivity contribution in [2.45, 2.75) is 13.8 Å². The number of aryl methyl sites for hydroxylation is 2. The predicted molar refractivity (Wildman–Crippen MR) is 80.6 cm³/mol. The van der Waals surface area contributed by atoms with E-state index < -0.39 is 0 Å². The number of ether oxygens (including phenoxy) is 1. The van der Waals surface area contributed by atoms with Crippen molar-refractivity contribution in [2.24, 2.45) is 5.84 Å². The van der Waals surface area contributed by atoms with Crippen LogP contribution in [0.1, 0.15) is 11.1 Å². The number of rotatable bonds is 4. The third-order valence-electron chi connectivity index (χ3n) is 2.83. The molecule has 0 saturated carbocycles. The van der Waals surface area contributed by atoms with Crippen LogP contribution < -0.4 is 21.3 Å². The third-order valence-corrected chi connectivity index (χ3v) is 3.24. The number of hydrogen-bond acceptors (Lipinski definition) is 6. The van der Waals surface area contributed by atoms with E-state index in [-0.39, 0.29) is 0 Å². The van der Waals surface area contributed by atoms with Gasteiger partial charge in [0.2, 0.25) is 5.95 Å². The zero-order chi connectivity index (χ0) is 14.7. The highest BCUT2D eigenvalue weighted by atomic mass is 35.5. The van der Waals surface area contributed by atoms with Crippen molar-refractivity contribution in [2.75, 3.05) is 17.9 Å². The molecule has 0 bridgehead atoms. The second-order valence-corrected chi connectivity index (χ2v) is 4.70. The Morgan fingerprint density at radius 3 is 2.65 bits per heavy atom. The molecule has 0 amide bonds. The zero-order valence-corrected chi connectivity index (χ0v) is 12.2. The lowest BCUT2D eigenvalue weighted by Gasteiger charge is -2.14. The molecule has 0 spiro atoms. The van der Waals surface area contributed by atoms with E-state index in [2.05, 4.69) is 20.7 Å². The van der Waals surface area contributed by atoms with E-state index in [0.29, 0.717) is 22.5 Å². The normalized spacial score (nSPS) is 10.2. The molecule has 106 valence electrons. The number of hydrazine groups is 1. The standard InChI is InChI=1S/C13H16ClN5O/c1-7-4-10(11(20-3)5-9(7)14)17-12-8(2)6-16-13(18-12)19-15/h4-6H,15H2,1-3H3,(H2,16,17,18,19). The maximum Gasteiger partial charge on any atom is 0.239 e. The summed E-state index contributed by atoms with van der Waals surface area (Å²) in [6, 6.07) is 3.66. The zero-order valence-electron chi connectivity index (χ0n) is 11.5. The first-order valence-electron chi connectivity index (χ1n) is 5.96. The van der Waals surface area contributed by atoms with Gasteiger partial charge in [-0.2, -0.15) is 4.98 Å². The summed E-state index contributed by atoms with van der Waals surface area (Å²) in [7, 11) is 1.59. The van der Waals surface area contributed by atoms with Gasteiger partial charge in [-0.05, 0) is 25.5 Å². The number of aromatic nitrogens is 2. The maximum atomic E-state index is 6.09. The van der Waals surface area contributed by atoms with Gasteiger partial charge in [-0.15, -0.1) is 0 Å². The summed E-state index contributed by atoms with van der Waals surface area (Å²) in [5.41, 5.74) is 5.02. The fourth-order valence-corrected chi connectivity index (χ4v) is 1.85. The maximum absolute atomic E-state index is 6.09. The minimum absolute atomic E-state index is 0.336. The highest BCUT2D eigenvalue weighted by Crippen LogP contribution is 2.33. The Kier molecular flexibility index (Phi) is 4.26. The average molecular weight is 294 g/mol. The first kappa shape index (κ1) is 14.4. The van der Waals surface area contributed by atoms with Gasteiger partial charge < -0.3 is 10.1 Å². The van der Waals surface area contributed by atoms with Gasteiger partial charge in [-0.3, -0.25) is 5.43 Å². The summed E-state index contributed by atoms with van der Waals surface area (Å²) in [5, 5.41) is 3.85. The van der Waals surface area contributed by atoms with Crippen LogP contribution in [0.4, 0.5) is 17.5 Å². The number of nitrogens with two attached hydrogens (primary N) is 1. The van der Waals surface area contributed by atoms with Crippen LogP contribution in [0, 0.1) is 13.8 Å². The lowest BCUT2D eigenvalue weighted by atomic mass is 10.2. The van der Waals surface area contributed by atoms with Crippen molar-refractivity contribution in [1.82, 2.24) is 9.97 Å². The van der Waals surface area contributed by atoms with Crippen LogP contribution in [0.3, 0.4) is 0 Å². The van der Waals surface area contributed by atoms with Gasteiger partial charge in [0.25, 0.3) is 0 Å². The summed E-state index contributed by atoms with van der Waals surface area (Å²) >= 11 is 6.09. The molecule has 0 fully saturated rings. The average Bonchev–Trinajstić information content (AvgIpc) is 2.44. The Bertz CT molecular complexity index is 632. The number of nitrogens with one attached hydrogen (secondary N) is 2. The molecule has 1 aromatic heterocycles. The summed E-state index contributed by atoms with van der Waals surface area (Å²) in [5.74, 6) is 6.94. The van der Waals surface area contributed by atoms with Crippen molar-refractivity contribution >= 4 is 29.1 Å².